The first kappa shape index (κ1) is 22.6. The Labute approximate surface area is 190 Å². The van der Waals surface area contributed by atoms with Crippen LogP contribution in [0.5, 0.6) is 11.5 Å². The third-order valence-corrected chi connectivity index (χ3v) is 5.36. The van der Waals surface area contributed by atoms with Gasteiger partial charge in [-0.05, 0) is 61.9 Å². The molecule has 0 saturated carbocycles. The van der Waals surface area contributed by atoms with Gasteiger partial charge in [-0.1, -0.05) is 6.07 Å². The highest BCUT2D eigenvalue weighted by atomic mass is 19.4. The maximum Gasteiger partial charge on any atom is 0.573 e. The fraction of sp³-hybridized carbons (Fsp3) is 0.375. The average Bonchev–Trinajstić information content (AvgIpc) is 2.78. The normalized spacial score (nSPS) is 17.6. The van der Waals surface area contributed by atoms with E-state index < -0.39 is 12.5 Å². The molecule has 4 rings (SSSR count). The van der Waals surface area contributed by atoms with Gasteiger partial charge >= 0.3 is 6.36 Å². The summed E-state index contributed by atoms with van der Waals surface area (Å²) in [7, 11) is 0. The average molecular weight is 459 g/mol. The molecule has 1 fully saturated rings. The number of halogens is 3. The van der Waals surface area contributed by atoms with Crippen molar-refractivity contribution in [3.63, 3.8) is 0 Å². The minimum atomic E-state index is -4.78. The number of ether oxygens (including phenoxy) is 2. The molecular formula is C24H24F3N3O3. The van der Waals surface area contributed by atoms with Crippen LogP contribution >= 0.6 is 0 Å². The molecule has 0 aromatic heterocycles. The highest BCUT2D eigenvalue weighted by Gasteiger charge is 2.32. The lowest BCUT2D eigenvalue weighted by Gasteiger charge is -2.27. The van der Waals surface area contributed by atoms with Gasteiger partial charge in [-0.2, -0.15) is 0 Å². The monoisotopic (exact) mass is 459 g/mol. The van der Waals surface area contributed by atoms with Crippen LogP contribution in [0, 0.1) is 18.9 Å². The Hall–Kier alpha value is -3.54. The molecule has 0 radical (unpaired) electrons. The minimum Gasteiger partial charge on any atom is -0.477 e. The van der Waals surface area contributed by atoms with E-state index >= 15 is 0 Å². The second-order valence-electron chi connectivity index (χ2n) is 8.02. The molecule has 1 atom stereocenters. The Morgan fingerprint density at radius 3 is 2.73 bits per heavy atom. The smallest absolute Gasteiger partial charge is 0.477 e. The Morgan fingerprint density at radius 2 is 1.97 bits per heavy atom. The van der Waals surface area contributed by atoms with Gasteiger partial charge in [-0.3, -0.25) is 4.79 Å². The fourth-order valence-corrected chi connectivity index (χ4v) is 3.72. The van der Waals surface area contributed by atoms with Crippen LogP contribution < -0.4 is 20.1 Å². The predicted octanol–water partition coefficient (Wildman–Crippen LogP) is 4.50. The zero-order chi connectivity index (χ0) is 23.4. The Bertz CT molecular complexity index is 1090. The molecule has 2 aliphatic heterocycles. The topological polar surface area (TPSA) is 62.8 Å². The highest BCUT2D eigenvalue weighted by Crippen LogP contribution is 2.35. The molecule has 0 bridgehead atoms. The molecule has 1 amide bonds. The fourth-order valence-electron chi connectivity index (χ4n) is 3.72. The van der Waals surface area contributed by atoms with Crippen molar-refractivity contribution in [2.75, 3.05) is 30.3 Å². The van der Waals surface area contributed by atoms with Crippen molar-refractivity contribution in [3.05, 3.63) is 47.5 Å². The number of hydrogen-bond donors (Lipinski definition) is 2. The number of amides is 1. The van der Waals surface area contributed by atoms with Crippen LogP contribution in [-0.2, 0) is 4.79 Å². The molecule has 33 heavy (non-hydrogen) atoms. The number of alkyl halides is 3. The van der Waals surface area contributed by atoms with Gasteiger partial charge in [0.05, 0.1) is 23.5 Å². The summed E-state index contributed by atoms with van der Waals surface area (Å²) in [4.78, 5) is 15.0. The van der Waals surface area contributed by atoms with E-state index in [1.54, 1.807) is 6.07 Å². The summed E-state index contributed by atoms with van der Waals surface area (Å²) < 4.78 is 46.9. The van der Waals surface area contributed by atoms with Gasteiger partial charge in [-0.15, -0.1) is 13.2 Å². The number of hydrogen-bond acceptors (Lipinski definition) is 5. The van der Waals surface area contributed by atoms with Crippen LogP contribution in [0.4, 0.5) is 24.5 Å². The number of aryl methyl sites for hydroxylation is 1. The largest absolute Gasteiger partial charge is 0.573 e. The molecule has 1 unspecified atom stereocenters. The third kappa shape index (κ3) is 6.04. The first-order valence-electron chi connectivity index (χ1n) is 10.8. The van der Waals surface area contributed by atoms with Crippen LogP contribution in [-0.4, -0.2) is 42.9 Å². The van der Waals surface area contributed by atoms with E-state index in [1.165, 1.54) is 18.6 Å². The van der Waals surface area contributed by atoms with E-state index in [9.17, 15) is 18.0 Å². The molecule has 2 aliphatic rings. The van der Waals surface area contributed by atoms with E-state index in [-0.39, 0.29) is 24.0 Å². The van der Waals surface area contributed by atoms with Crippen LogP contribution in [0.1, 0.15) is 30.4 Å². The van der Waals surface area contributed by atoms with Crippen molar-refractivity contribution in [2.45, 2.75) is 38.7 Å². The second-order valence-corrected chi connectivity index (χ2v) is 8.02. The molecule has 2 N–H and O–H groups in total. The van der Waals surface area contributed by atoms with Gasteiger partial charge in [0.25, 0.3) is 5.91 Å². The van der Waals surface area contributed by atoms with Crippen LogP contribution in [0.25, 0.3) is 0 Å². The lowest BCUT2D eigenvalue weighted by molar-refractivity contribution is -0.274. The maximum atomic E-state index is 12.9. The van der Waals surface area contributed by atoms with Gasteiger partial charge in [0.2, 0.25) is 0 Å². The number of nitrogens with one attached hydrogen (secondary N) is 2. The maximum absolute atomic E-state index is 12.9. The zero-order valence-electron chi connectivity index (χ0n) is 18.1. The van der Waals surface area contributed by atoms with Crippen molar-refractivity contribution in [3.8, 4) is 23.5 Å². The number of carbonyl (C=O) groups is 1. The predicted molar refractivity (Wildman–Crippen MR) is 118 cm³/mol. The Balaban J connectivity index is 1.44. The van der Waals surface area contributed by atoms with Gasteiger partial charge < -0.3 is 25.0 Å². The third-order valence-electron chi connectivity index (χ3n) is 5.36. The zero-order valence-corrected chi connectivity index (χ0v) is 18.1. The molecule has 174 valence electrons. The van der Waals surface area contributed by atoms with Crippen molar-refractivity contribution in [1.82, 2.24) is 4.90 Å². The SMILES string of the molecule is Cc1ccc(NC(=O)C2CNc3cc(OC(F)(F)F)ccc3O2)c(C#CN2CCCCC2)c1. The van der Waals surface area contributed by atoms with Gasteiger partial charge in [0.15, 0.2) is 6.10 Å². The van der Waals surface area contributed by atoms with Crippen LogP contribution in [0.3, 0.4) is 0 Å². The molecule has 0 aliphatic carbocycles. The van der Waals surface area contributed by atoms with Crippen LogP contribution in [0.15, 0.2) is 36.4 Å². The number of anilines is 2. The molecule has 6 nitrogen and oxygen atoms in total. The van der Waals surface area contributed by atoms with Crippen molar-refractivity contribution < 1.29 is 27.4 Å². The number of likely N-dealkylation sites (tertiary alicyclic amines) is 1. The number of nitrogens with zero attached hydrogens (tertiary/aromatic N) is 1. The lowest BCUT2D eigenvalue weighted by Crippen LogP contribution is -2.41. The van der Waals surface area contributed by atoms with Crippen molar-refractivity contribution in [2.24, 2.45) is 0 Å². The summed E-state index contributed by atoms with van der Waals surface area (Å²) >= 11 is 0. The standard InChI is InChI=1S/C24H24F3N3O3/c1-16-5-7-19(17(13-16)9-12-30-10-3-2-4-11-30)29-23(31)22-15-28-20-14-18(33-24(25,26)27)6-8-21(20)32-22/h5-8,13-14,22,28H,2-4,10-11,15H2,1H3,(H,29,31). The lowest BCUT2D eigenvalue weighted by atomic mass is 10.1. The number of fused-ring (bicyclic) bond motifs is 1. The van der Waals surface area contributed by atoms with E-state index in [1.807, 2.05) is 19.1 Å². The number of carbonyl (C=O) groups excluding carboxylic acids is 1. The molecule has 1 saturated heterocycles. The van der Waals surface area contributed by atoms with E-state index in [2.05, 4.69) is 32.2 Å². The number of rotatable bonds is 3. The summed E-state index contributed by atoms with van der Waals surface area (Å²) in [5.74, 6) is 2.70. The van der Waals surface area contributed by atoms with Gasteiger partial charge in [-0.25, -0.2) is 0 Å². The summed E-state index contributed by atoms with van der Waals surface area (Å²) in [6.07, 6.45) is -2.17. The molecule has 2 aromatic carbocycles. The Morgan fingerprint density at radius 1 is 1.18 bits per heavy atom. The first-order chi connectivity index (χ1) is 15.8. The summed E-state index contributed by atoms with van der Waals surface area (Å²) in [5.41, 5.74) is 2.65. The number of benzene rings is 2. The minimum absolute atomic E-state index is 0.0922. The van der Waals surface area contributed by atoms with Gasteiger partial charge in [0.1, 0.15) is 11.5 Å². The molecule has 0 spiro atoms. The van der Waals surface area contributed by atoms with E-state index in [0.29, 0.717) is 16.9 Å². The highest BCUT2D eigenvalue weighted by molar-refractivity contribution is 5.96. The number of piperidine rings is 1. The summed E-state index contributed by atoms with van der Waals surface area (Å²) in [5, 5.41) is 5.80. The van der Waals surface area contributed by atoms with E-state index in [0.717, 1.165) is 37.6 Å². The summed E-state index contributed by atoms with van der Waals surface area (Å²) in [6, 6.07) is 12.5. The molecular weight excluding hydrogens is 435 g/mol. The van der Waals surface area contributed by atoms with Crippen LogP contribution in [0.2, 0.25) is 0 Å². The van der Waals surface area contributed by atoms with Crippen molar-refractivity contribution in [1.29, 1.82) is 0 Å². The Kier molecular flexibility index (Phi) is 6.54. The summed E-state index contributed by atoms with van der Waals surface area (Å²) in [6.45, 7) is 3.93. The van der Waals surface area contributed by atoms with E-state index in [4.69, 9.17) is 4.74 Å². The van der Waals surface area contributed by atoms with Gasteiger partial charge in [0, 0.05) is 25.2 Å². The first-order valence-corrected chi connectivity index (χ1v) is 10.8. The molecule has 2 aromatic rings. The van der Waals surface area contributed by atoms with Crippen molar-refractivity contribution >= 4 is 17.3 Å². The molecule has 9 heteroatoms. The quantitative estimate of drug-likeness (QED) is 0.662. The molecule has 2 heterocycles. The second kappa shape index (κ2) is 9.53.